The summed E-state index contributed by atoms with van der Waals surface area (Å²) in [5.74, 6) is -0.668. The minimum Gasteiger partial charge on any atom is -0.379 e. The molecule has 1 saturated heterocycles. The molecule has 1 aliphatic rings. The molecule has 2 aromatic carbocycles. The molecule has 30 heavy (non-hydrogen) atoms. The molecule has 2 aromatic rings. The van der Waals surface area contributed by atoms with Gasteiger partial charge in [-0.3, -0.25) is 9.59 Å². The fraction of sp³-hybridized carbons (Fsp3) is 0.333. The fourth-order valence-electron chi connectivity index (χ4n) is 2.87. The Kier molecular flexibility index (Phi) is 6.86. The van der Waals surface area contributed by atoms with E-state index in [1.54, 1.807) is 50.2 Å². The highest BCUT2D eigenvalue weighted by molar-refractivity contribution is 7.89. The van der Waals surface area contributed by atoms with E-state index in [0.29, 0.717) is 43.2 Å². The van der Waals surface area contributed by atoms with Crippen LogP contribution in [0.4, 0.5) is 11.4 Å². The smallest absolute Gasteiger partial charge is 0.255 e. The Balaban J connectivity index is 1.68. The van der Waals surface area contributed by atoms with Crippen molar-refractivity contribution in [3.63, 3.8) is 0 Å². The molecule has 0 unspecified atom stereocenters. The molecule has 3 rings (SSSR count). The second kappa shape index (κ2) is 9.38. The summed E-state index contributed by atoms with van der Waals surface area (Å²) in [6.07, 6.45) is 0. The number of amides is 2. The van der Waals surface area contributed by atoms with Gasteiger partial charge in [-0.05, 0) is 42.5 Å². The number of morpholine rings is 1. The van der Waals surface area contributed by atoms with E-state index in [0.717, 1.165) is 0 Å². The van der Waals surface area contributed by atoms with Crippen LogP contribution in [0.2, 0.25) is 0 Å². The average Bonchev–Trinajstić information content (AvgIpc) is 2.75. The minimum absolute atomic E-state index is 0.135. The van der Waals surface area contributed by atoms with Gasteiger partial charge in [0.15, 0.2) is 0 Å². The van der Waals surface area contributed by atoms with Gasteiger partial charge in [-0.2, -0.15) is 4.31 Å². The Hall–Kier alpha value is -2.75. The third kappa shape index (κ3) is 5.24. The molecule has 0 aliphatic carbocycles. The van der Waals surface area contributed by atoms with E-state index < -0.39 is 10.0 Å². The maximum atomic E-state index is 12.7. The van der Waals surface area contributed by atoms with Crippen LogP contribution in [0.25, 0.3) is 0 Å². The normalized spacial score (nSPS) is 15.0. The van der Waals surface area contributed by atoms with E-state index in [1.165, 1.54) is 16.4 Å². The standard InChI is InChI=1S/C21H25N3O5S/c1-15(2)20(25)23-18-5-3-4-16(14-18)21(26)22-17-6-8-19(9-7-17)30(27,28)24-10-12-29-13-11-24/h3-9,14-15H,10-13H2,1-2H3,(H,22,26)(H,23,25). The van der Waals surface area contributed by atoms with E-state index in [2.05, 4.69) is 10.6 Å². The molecule has 1 fully saturated rings. The van der Waals surface area contributed by atoms with Gasteiger partial charge >= 0.3 is 0 Å². The van der Waals surface area contributed by atoms with E-state index in [4.69, 9.17) is 4.74 Å². The molecule has 1 aliphatic heterocycles. The number of ether oxygens (including phenoxy) is 1. The van der Waals surface area contributed by atoms with Crippen molar-refractivity contribution in [2.75, 3.05) is 36.9 Å². The molecular formula is C21H25N3O5S. The Morgan fingerprint density at radius 1 is 0.967 bits per heavy atom. The maximum Gasteiger partial charge on any atom is 0.255 e. The second-order valence-electron chi connectivity index (χ2n) is 7.22. The highest BCUT2D eigenvalue weighted by Gasteiger charge is 2.26. The molecule has 8 nitrogen and oxygen atoms in total. The lowest BCUT2D eigenvalue weighted by molar-refractivity contribution is -0.118. The molecule has 1 heterocycles. The SMILES string of the molecule is CC(C)C(=O)Nc1cccc(C(=O)Nc2ccc(S(=O)(=O)N3CCOCC3)cc2)c1. The van der Waals surface area contributed by atoms with Gasteiger partial charge in [-0.15, -0.1) is 0 Å². The lowest BCUT2D eigenvalue weighted by atomic mass is 10.1. The Bertz CT molecular complexity index is 1010. The van der Waals surface area contributed by atoms with Crippen LogP contribution in [0, 0.1) is 5.92 Å². The summed E-state index contributed by atoms with van der Waals surface area (Å²) in [6, 6.07) is 12.7. The van der Waals surface area contributed by atoms with E-state index in [-0.39, 0.29) is 22.6 Å². The van der Waals surface area contributed by atoms with Crippen molar-refractivity contribution >= 4 is 33.2 Å². The molecule has 9 heteroatoms. The number of hydrogen-bond acceptors (Lipinski definition) is 5. The second-order valence-corrected chi connectivity index (χ2v) is 9.16. The number of rotatable bonds is 6. The van der Waals surface area contributed by atoms with Crippen LogP contribution in [0.3, 0.4) is 0 Å². The summed E-state index contributed by atoms with van der Waals surface area (Å²) in [6.45, 7) is 4.98. The number of sulfonamides is 1. The first-order chi connectivity index (χ1) is 14.3. The highest BCUT2D eigenvalue weighted by Crippen LogP contribution is 2.20. The molecular weight excluding hydrogens is 406 g/mol. The van der Waals surface area contributed by atoms with Crippen LogP contribution in [-0.4, -0.2) is 50.8 Å². The van der Waals surface area contributed by atoms with Gasteiger partial charge in [0.25, 0.3) is 5.91 Å². The summed E-state index contributed by atoms with van der Waals surface area (Å²) in [5, 5.41) is 5.50. The quantitative estimate of drug-likeness (QED) is 0.731. The number of benzene rings is 2. The predicted molar refractivity (Wildman–Crippen MR) is 114 cm³/mol. The van der Waals surface area contributed by atoms with Gasteiger partial charge in [0.2, 0.25) is 15.9 Å². The fourth-order valence-corrected chi connectivity index (χ4v) is 4.28. The summed E-state index contributed by atoms with van der Waals surface area (Å²) < 4.78 is 31.9. The van der Waals surface area contributed by atoms with Crippen LogP contribution in [0.15, 0.2) is 53.4 Å². The Morgan fingerprint density at radius 2 is 1.63 bits per heavy atom. The Labute approximate surface area is 176 Å². The van der Waals surface area contributed by atoms with Gasteiger partial charge in [0.1, 0.15) is 0 Å². The van der Waals surface area contributed by atoms with Crippen molar-refractivity contribution in [3.05, 3.63) is 54.1 Å². The zero-order valence-corrected chi connectivity index (χ0v) is 17.7. The van der Waals surface area contributed by atoms with Gasteiger partial charge in [-0.1, -0.05) is 19.9 Å². The number of hydrogen-bond donors (Lipinski definition) is 2. The van der Waals surface area contributed by atoms with Crippen molar-refractivity contribution < 1.29 is 22.7 Å². The molecule has 2 amide bonds. The molecule has 2 N–H and O–H groups in total. The van der Waals surface area contributed by atoms with Crippen molar-refractivity contribution in [1.29, 1.82) is 0 Å². The first-order valence-electron chi connectivity index (χ1n) is 9.67. The molecule has 0 radical (unpaired) electrons. The number of nitrogens with one attached hydrogen (secondary N) is 2. The van der Waals surface area contributed by atoms with Crippen molar-refractivity contribution in [2.24, 2.45) is 5.92 Å². The third-order valence-corrected chi connectivity index (χ3v) is 6.55. The summed E-state index contributed by atoms with van der Waals surface area (Å²) in [7, 11) is -3.58. The maximum absolute atomic E-state index is 12.7. The summed E-state index contributed by atoms with van der Waals surface area (Å²) in [4.78, 5) is 24.6. The van der Waals surface area contributed by atoms with Crippen molar-refractivity contribution in [2.45, 2.75) is 18.7 Å². The van der Waals surface area contributed by atoms with Crippen molar-refractivity contribution in [3.8, 4) is 0 Å². The monoisotopic (exact) mass is 431 g/mol. The topological polar surface area (TPSA) is 105 Å². The molecule has 160 valence electrons. The molecule has 0 spiro atoms. The highest BCUT2D eigenvalue weighted by atomic mass is 32.2. The van der Waals surface area contributed by atoms with Gasteiger partial charge in [0.05, 0.1) is 18.1 Å². The zero-order valence-electron chi connectivity index (χ0n) is 16.9. The van der Waals surface area contributed by atoms with Crippen LogP contribution < -0.4 is 10.6 Å². The number of anilines is 2. The lowest BCUT2D eigenvalue weighted by Gasteiger charge is -2.26. The lowest BCUT2D eigenvalue weighted by Crippen LogP contribution is -2.40. The molecule has 0 atom stereocenters. The van der Waals surface area contributed by atoms with E-state index in [9.17, 15) is 18.0 Å². The predicted octanol–water partition coefficient (Wildman–Crippen LogP) is 2.55. The van der Waals surface area contributed by atoms with Crippen LogP contribution in [0.1, 0.15) is 24.2 Å². The summed E-state index contributed by atoms with van der Waals surface area (Å²) in [5.41, 5.74) is 1.38. The van der Waals surface area contributed by atoms with Gasteiger partial charge in [-0.25, -0.2) is 8.42 Å². The molecule has 0 aromatic heterocycles. The van der Waals surface area contributed by atoms with Crippen LogP contribution in [0.5, 0.6) is 0 Å². The minimum atomic E-state index is -3.58. The van der Waals surface area contributed by atoms with Gasteiger partial charge in [0, 0.05) is 35.9 Å². The number of carbonyl (C=O) groups excluding carboxylic acids is 2. The average molecular weight is 432 g/mol. The number of carbonyl (C=O) groups is 2. The Morgan fingerprint density at radius 3 is 2.27 bits per heavy atom. The molecule has 0 bridgehead atoms. The first kappa shape index (κ1) is 21.9. The largest absolute Gasteiger partial charge is 0.379 e. The molecule has 0 saturated carbocycles. The van der Waals surface area contributed by atoms with Gasteiger partial charge < -0.3 is 15.4 Å². The third-order valence-electron chi connectivity index (χ3n) is 4.64. The van der Waals surface area contributed by atoms with Crippen molar-refractivity contribution in [1.82, 2.24) is 4.31 Å². The van der Waals surface area contributed by atoms with E-state index in [1.807, 2.05) is 0 Å². The summed E-state index contributed by atoms with van der Waals surface area (Å²) >= 11 is 0. The zero-order chi connectivity index (χ0) is 21.7. The first-order valence-corrected chi connectivity index (χ1v) is 11.1. The van der Waals surface area contributed by atoms with E-state index >= 15 is 0 Å². The van der Waals surface area contributed by atoms with Crippen LogP contribution >= 0.6 is 0 Å². The number of nitrogens with zero attached hydrogens (tertiary/aromatic N) is 1. The van der Waals surface area contributed by atoms with Crippen LogP contribution in [-0.2, 0) is 19.6 Å².